The van der Waals surface area contributed by atoms with E-state index in [2.05, 4.69) is 34.6 Å². The molecule has 0 fully saturated rings. The molecule has 0 unspecified atom stereocenters. The third-order valence-electron chi connectivity index (χ3n) is 4.49. The Bertz CT molecular complexity index is 834. The number of H-pyrrole nitrogens is 1. The fraction of sp³-hybridized carbons (Fsp3) is 0.211. The number of carbonyl (C=O) groups excluding carboxylic acids is 1. The maximum atomic E-state index is 12.4. The van der Waals surface area contributed by atoms with Gasteiger partial charge in [-0.05, 0) is 35.6 Å². The van der Waals surface area contributed by atoms with Gasteiger partial charge < -0.3 is 10.3 Å². The monoisotopic (exact) mass is 290 g/mol. The number of rotatable bonds is 3. The van der Waals surface area contributed by atoms with Gasteiger partial charge in [0, 0.05) is 17.1 Å². The van der Waals surface area contributed by atoms with Gasteiger partial charge in [0.1, 0.15) is 0 Å². The van der Waals surface area contributed by atoms with E-state index >= 15 is 0 Å². The number of carbonyl (C=O) groups is 1. The highest BCUT2D eigenvalue weighted by Gasteiger charge is 2.23. The van der Waals surface area contributed by atoms with Gasteiger partial charge in [0.15, 0.2) is 0 Å². The molecular formula is C19H18N2O. The van der Waals surface area contributed by atoms with Gasteiger partial charge in [0.25, 0.3) is 0 Å². The van der Waals surface area contributed by atoms with Gasteiger partial charge in [0.05, 0.1) is 12.5 Å². The summed E-state index contributed by atoms with van der Waals surface area (Å²) < 4.78 is 0. The SMILES string of the molecule is O=C(Cc1c[nH]c2ccccc12)N[C@@H]1CCc2ccccc21. The van der Waals surface area contributed by atoms with Gasteiger partial charge in [-0.3, -0.25) is 4.79 Å². The van der Waals surface area contributed by atoms with Crippen LogP contribution in [0.25, 0.3) is 10.9 Å². The summed E-state index contributed by atoms with van der Waals surface area (Å²) in [5.74, 6) is 0.0893. The molecule has 1 heterocycles. The average molecular weight is 290 g/mol. The molecule has 0 bridgehead atoms. The number of aromatic amines is 1. The minimum absolute atomic E-state index is 0.0893. The van der Waals surface area contributed by atoms with Crippen molar-refractivity contribution in [3.63, 3.8) is 0 Å². The van der Waals surface area contributed by atoms with Crippen LogP contribution in [0.3, 0.4) is 0 Å². The Morgan fingerprint density at radius 2 is 1.95 bits per heavy atom. The van der Waals surface area contributed by atoms with Crippen molar-refractivity contribution in [1.29, 1.82) is 0 Å². The van der Waals surface area contributed by atoms with Gasteiger partial charge in [-0.1, -0.05) is 42.5 Å². The molecule has 4 rings (SSSR count). The zero-order valence-corrected chi connectivity index (χ0v) is 12.3. The smallest absolute Gasteiger partial charge is 0.224 e. The van der Waals surface area contributed by atoms with Gasteiger partial charge in [-0.25, -0.2) is 0 Å². The highest BCUT2D eigenvalue weighted by atomic mass is 16.1. The number of aryl methyl sites for hydroxylation is 1. The maximum absolute atomic E-state index is 12.4. The standard InChI is InChI=1S/C19H18N2O/c22-19(11-14-12-20-17-8-4-3-7-16(14)17)21-18-10-9-13-5-1-2-6-15(13)18/h1-8,12,18,20H,9-11H2,(H,21,22)/t18-/m1/s1. The molecule has 22 heavy (non-hydrogen) atoms. The summed E-state index contributed by atoms with van der Waals surface area (Å²) in [6, 6.07) is 16.6. The van der Waals surface area contributed by atoms with E-state index in [0.29, 0.717) is 6.42 Å². The first-order valence-electron chi connectivity index (χ1n) is 7.73. The van der Waals surface area contributed by atoms with Crippen LogP contribution in [0.15, 0.2) is 54.7 Å². The molecule has 0 saturated carbocycles. The number of amides is 1. The quantitative estimate of drug-likeness (QED) is 0.761. The first-order chi connectivity index (χ1) is 10.8. The minimum Gasteiger partial charge on any atom is -0.361 e. The topological polar surface area (TPSA) is 44.9 Å². The van der Waals surface area contributed by atoms with Crippen molar-refractivity contribution in [1.82, 2.24) is 10.3 Å². The largest absolute Gasteiger partial charge is 0.361 e. The minimum atomic E-state index is 0.0893. The van der Waals surface area contributed by atoms with Crippen molar-refractivity contribution in [2.45, 2.75) is 25.3 Å². The van der Waals surface area contributed by atoms with E-state index in [4.69, 9.17) is 0 Å². The molecule has 3 nitrogen and oxygen atoms in total. The van der Waals surface area contributed by atoms with Crippen LogP contribution in [0.2, 0.25) is 0 Å². The molecule has 2 aromatic carbocycles. The highest BCUT2D eigenvalue weighted by molar-refractivity contribution is 5.89. The summed E-state index contributed by atoms with van der Waals surface area (Å²) in [6.45, 7) is 0. The maximum Gasteiger partial charge on any atom is 0.224 e. The van der Waals surface area contributed by atoms with Crippen molar-refractivity contribution in [3.05, 3.63) is 71.4 Å². The Morgan fingerprint density at radius 1 is 1.14 bits per heavy atom. The van der Waals surface area contributed by atoms with E-state index in [-0.39, 0.29) is 11.9 Å². The molecule has 1 aliphatic rings. The molecule has 2 N–H and O–H groups in total. The summed E-state index contributed by atoms with van der Waals surface area (Å²) in [5, 5.41) is 4.31. The molecule has 0 aliphatic heterocycles. The Labute approximate surface area is 129 Å². The van der Waals surface area contributed by atoms with E-state index in [1.807, 2.05) is 30.5 Å². The zero-order chi connectivity index (χ0) is 14.9. The fourth-order valence-corrected chi connectivity index (χ4v) is 3.40. The van der Waals surface area contributed by atoms with Crippen molar-refractivity contribution in [3.8, 4) is 0 Å². The van der Waals surface area contributed by atoms with Gasteiger partial charge >= 0.3 is 0 Å². The van der Waals surface area contributed by atoms with E-state index in [0.717, 1.165) is 29.3 Å². The molecule has 0 radical (unpaired) electrons. The first-order valence-corrected chi connectivity index (χ1v) is 7.73. The molecule has 0 spiro atoms. The van der Waals surface area contributed by atoms with E-state index in [1.165, 1.54) is 11.1 Å². The van der Waals surface area contributed by atoms with Gasteiger partial charge in [0.2, 0.25) is 5.91 Å². The molecular weight excluding hydrogens is 272 g/mol. The Hall–Kier alpha value is -2.55. The second-order valence-electron chi connectivity index (χ2n) is 5.89. The Balaban J connectivity index is 1.50. The van der Waals surface area contributed by atoms with Crippen LogP contribution in [-0.2, 0) is 17.6 Å². The molecule has 3 heteroatoms. The number of aromatic nitrogens is 1. The number of hydrogen-bond acceptors (Lipinski definition) is 1. The van der Waals surface area contributed by atoms with Crippen LogP contribution in [-0.4, -0.2) is 10.9 Å². The summed E-state index contributed by atoms with van der Waals surface area (Å²) in [7, 11) is 0. The van der Waals surface area contributed by atoms with Gasteiger partial charge in [-0.2, -0.15) is 0 Å². The highest BCUT2D eigenvalue weighted by Crippen LogP contribution is 2.30. The lowest BCUT2D eigenvalue weighted by Crippen LogP contribution is -2.28. The third-order valence-corrected chi connectivity index (χ3v) is 4.49. The van der Waals surface area contributed by atoms with Crippen LogP contribution >= 0.6 is 0 Å². The van der Waals surface area contributed by atoms with Crippen LogP contribution < -0.4 is 5.32 Å². The lowest BCUT2D eigenvalue weighted by molar-refractivity contribution is -0.121. The lowest BCUT2D eigenvalue weighted by atomic mass is 10.1. The van der Waals surface area contributed by atoms with Crippen molar-refractivity contribution >= 4 is 16.8 Å². The summed E-state index contributed by atoms with van der Waals surface area (Å²) in [6.07, 6.45) is 4.41. The number of fused-ring (bicyclic) bond motifs is 2. The molecule has 0 saturated heterocycles. The number of hydrogen-bond donors (Lipinski definition) is 2. The second kappa shape index (κ2) is 5.34. The fourth-order valence-electron chi connectivity index (χ4n) is 3.40. The summed E-state index contributed by atoms with van der Waals surface area (Å²) in [4.78, 5) is 15.6. The molecule has 1 atom stereocenters. The van der Waals surface area contributed by atoms with Crippen LogP contribution in [0.4, 0.5) is 0 Å². The van der Waals surface area contributed by atoms with E-state index in [9.17, 15) is 4.79 Å². The summed E-state index contributed by atoms with van der Waals surface area (Å²) in [5.41, 5.74) is 4.77. The van der Waals surface area contributed by atoms with E-state index in [1.54, 1.807) is 0 Å². The van der Waals surface area contributed by atoms with Crippen molar-refractivity contribution < 1.29 is 4.79 Å². The molecule has 1 aliphatic carbocycles. The normalized spacial score (nSPS) is 16.6. The number of para-hydroxylation sites is 1. The van der Waals surface area contributed by atoms with Crippen LogP contribution in [0.5, 0.6) is 0 Å². The van der Waals surface area contributed by atoms with Crippen molar-refractivity contribution in [2.75, 3.05) is 0 Å². The predicted molar refractivity (Wildman–Crippen MR) is 87.6 cm³/mol. The number of benzene rings is 2. The average Bonchev–Trinajstić information content (AvgIpc) is 3.13. The third kappa shape index (κ3) is 2.29. The first kappa shape index (κ1) is 13.1. The van der Waals surface area contributed by atoms with Crippen LogP contribution in [0, 0.1) is 0 Å². The molecule has 1 aromatic heterocycles. The zero-order valence-electron chi connectivity index (χ0n) is 12.3. The predicted octanol–water partition coefficient (Wildman–Crippen LogP) is 3.51. The van der Waals surface area contributed by atoms with Crippen molar-refractivity contribution in [2.24, 2.45) is 0 Å². The Morgan fingerprint density at radius 3 is 2.91 bits per heavy atom. The Kier molecular flexibility index (Phi) is 3.19. The van der Waals surface area contributed by atoms with E-state index < -0.39 is 0 Å². The summed E-state index contributed by atoms with van der Waals surface area (Å²) >= 11 is 0. The number of nitrogens with one attached hydrogen (secondary N) is 2. The lowest BCUT2D eigenvalue weighted by Gasteiger charge is -2.14. The second-order valence-corrected chi connectivity index (χ2v) is 5.89. The molecule has 1 amide bonds. The van der Waals surface area contributed by atoms with Gasteiger partial charge in [-0.15, -0.1) is 0 Å². The molecule has 3 aromatic rings. The molecule has 110 valence electrons. The van der Waals surface area contributed by atoms with Crippen LogP contribution in [0.1, 0.15) is 29.2 Å².